The van der Waals surface area contributed by atoms with Gasteiger partial charge in [-0.05, 0) is 69.2 Å². The minimum atomic E-state index is -0.103. The van der Waals surface area contributed by atoms with E-state index < -0.39 is 0 Å². The Bertz CT molecular complexity index is 1140. The third-order valence-electron chi connectivity index (χ3n) is 6.79. The molecule has 2 aromatic carbocycles. The number of para-hydroxylation sites is 2. The lowest BCUT2D eigenvalue weighted by Gasteiger charge is -2.32. The second-order valence-corrected chi connectivity index (χ2v) is 9.28. The summed E-state index contributed by atoms with van der Waals surface area (Å²) in [6.07, 6.45) is 8.18. The van der Waals surface area contributed by atoms with Gasteiger partial charge in [-0.15, -0.1) is 0 Å². The number of hydrogen-bond acceptors (Lipinski definition) is 3. The van der Waals surface area contributed by atoms with E-state index in [0.29, 0.717) is 17.0 Å². The Kier molecular flexibility index (Phi) is 6.40. The number of unbranched alkanes of at least 4 members (excludes halogenated alkanes) is 2. The monoisotopic (exact) mass is 430 g/mol. The first-order chi connectivity index (χ1) is 15.4. The maximum absolute atomic E-state index is 11.6. The number of aryl methyl sites for hydroxylation is 1. The van der Waals surface area contributed by atoms with Gasteiger partial charge in [0, 0.05) is 11.5 Å². The lowest BCUT2D eigenvalue weighted by atomic mass is 9.73. The summed E-state index contributed by atoms with van der Waals surface area (Å²) in [4.78, 5) is 8.18. The van der Waals surface area contributed by atoms with Crippen LogP contribution in [0.5, 0.6) is 11.5 Å². The predicted octanol–water partition coefficient (Wildman–Crippen LogP) is 7.39. The molecule has 1 heterocycles. The fourth-order valence-corrected chi connectivity index (χ4v) is 5.06. The van der Waals surface area contributed by atoms with Crippen molar-refractivity contribution < 1.29 is 10.2 Å². The molecular weight excluding hydrogens is 396 g/mol. The summed E-state index contributed by atoms with van der Waals surface area (Å²) in [6, 6.07) is 9.74. The van der Waals surface area contributed by atoms with Gasteiger partial charge in [-0.1, -0.05) is 55.7 Å². The second kappa shape index (κ2) is 9.23. The molecule has 0 fully saturated rings. The van der Waals surface area contributed by atoms with E-state index in [9.17, 15) is 10.2 Å². The van der Waals surface area contributed by atoms with E-state index in [-0.39, 0.29) is 23.3 Å². The van der Waals surface area contributed by atoms with Crippen LogP contribution in [0.1, 0.15) is 69.9 Å². The minimum Gasteiger partial charge on any atom is -0.507 e. The maximum Gasteiger partial charge on any atom is 0.142 e. The highest BCUT2D eigenvalue weighted by Crippen LogP contribution is 2.50. The number of nitrogens with one attached hydrogen (secondary N) is 1. The lowest BCUT2D eigenvalue weighted by molar-refractivity contribution is 0.407. The van der Waals surface area contributed by atoms with Crippen molar-refractivity contribution in [1.29, 1.82) is 0 Å². The van der Waals surface area contributed by atoms with Gasteiger partial charge in [0.15, 0.2) is 0 Å². The molecule has 168 valence electrons. The van der Waals surface area contributed by atoms with Crippen molar-refractivity contribution in [2.45, 2.75) is 65.2 Å². The molecule has 0 saturated carbocycles. The smallest absolute Gasteiger partial charge is 0.142 e. The Morgan fingerprint density at radius 2 is 2.00 bits per heavy atom. The molecule has 32 heavy (non-hydrogen) atoms. The zero-order valence-corrected chi connectivity index (χ0v) is 19.4. The van der Waals surface area contributed by atoms with Crippen molar-refractivity contribution in [3.8, 4) is 22.9 Å². The average Bonchev–Trinajstić information content (AvgIpc) is 3.17. The van der Waals surface area contributed by atoms with Crippen LogP contribution in [0, 0.1) is 5.92 Å². The zero-order chi connectivity index (χ0) is 22.8. The highest BCUT2D eigenvalue weighted by Gasteiger charge is 2.32. The number of phenolic OH excluding ortho intramolecular Hbond substituents is 2. The van der Waals surface area contributed by atoms with Gasteiger partial charge >= 0.3 is 0 Å². The third kappa shape index (κ3) is 4.19. The molecule has 3 N–H and O–H groups in total. The number of aromatic nitrogens is 2. The number of imidazole rings is 1. The van der Waals surface area contributed by atoms with Crippen molar-refractivity contribution in [3.63, 3.8) is 0 Å². The first-order valence-corrected chi connectivity index (χ1v) is 11.8. The Morgan fingerprint density at radius 3 is 2.72 bits per heavy atom. The van der Waals surface area contributed by atoms with E-state index >= 15 is 0 Å². The molecule has 0 radical (unpaired) electrons. The molecule has 2 unspecified atom stereocenters. The second-order valence-electron chi connectivity index (χ2n) is 9.28. The summed E-state index contributed by atoms with van der Waals surface area (Å²) >= 11 is 0. The molecule has 0 aliphatic heterocycles. The van der Waals surface area contributed by atoms with Crippen LogP contribution in [-0.4, -0.2) is 20.2 Å². The SMILES string of the molecule is C=C(C)C1CCC(C)=CC1c1c(O)cc(CCCCC)c(-c2nc3ccccc3[nH]2)c1O. The third-order valence-corrected chi connectivity index (χ3v) is 6.79. The number of nitrogens with zero attached hydrogens (tertiary/aromatic N) is 1. The van der Waals surface area contributed by atoms with E-state index in [2.05, 4.69) is 31.5 Å². The summed E-state index contributed by atoms with van der Waals surface area (Å²) in [6.45, 7) is 10.5. The average molecular weight is 431 g/mol. The van der Waals surface area contributed by atoms with Crippen molar-refractivity contribution >= 4 is 11.0 Å². The van der Waals surface area contributed by atoms with Gasteiger partial charge in [0.1, 0.15) is 17.3 Å². The molecule has 2 atom stereocenters. The molecule has 4 nitrogen and oxygen atoms in total. The number of phenols is 2. The van der Waals surface area contributed by atoms with Gasteiger partial charge in [0.2, 0.25) is 0 Å². The molecule has 3 aromatic rings. The Labute approximate surface area is 190 Å². The molecule has 0 spiro atoms. The molecule has 4 heteroatoms. The Balaban J connectivity index is 1.91. The molecule has 1 aliphatic rings. The number of benzene rings is 2. The van der Waals surface area contributed by atoms with Crippen LogP contribution in [0.25, 0.3) is 22.4 Å². The highest BCUT2D eigenvalue weighted by molar-refractivity contribution is 5.83. The standard InChI is InChI=1S/C28H34N2O2/c1-5-6-7-10-19-16-24(31)26(21-15-18(4)13-14-20(21)17(2)3)27(32)25(19)28-29-22-11-8-9-12-23(22)30-28/h8-9,11-12,15-16,20-21,31-32H,2,5-7,10,13-14H2,1,3-4H3,(H,29,30). The minimum absolute atomic E-state index is 0.103. The Hall–Kier alpha value is -3.01. The van der Waals surface area contributed by atoms with Crippen molar-refractivity contribution in [2.24, 2.45) is 5.92 Å². The normalized spacial score (nSPS) is 18.7. The van der Waals surface area contributed by atoms with Gasteiger partial charge in [0.05, 0.1) is 16.6 Å². The zero-order valence-electron chi connectivity index (χ0n) is 19.4. The van der Waals surface area contributed by atoms with Gasteiger partial charge in [-0.3, -0.25) is 0 Å². The topological polar surface area (TPSA) is 69.1 Å². The summed E-state index contributed by atoms with van der Waals surface area (Å²) in [5, 5.41) is 22.8. The number of hydrogen-bond donors (Lipinski definition) is 3. The largest absolute Gasteiger partial charge is 0.507 e. The van der Waals surface area contributed by atoms with Crippen LogP contribution >= 0.6 is 0 Å². The molecule has 1 aliphatic carbocycles. The number of fused-ring (bicyclic) bond motifs is 1. The van der Waals surface area contributed by atoms with Gasteiger partial charge in [-0.2, -0.15) is 0 Å². The predicted molar refractivity (Wildman–Crippen MR) is 132 cm³/mol. The van der Waals surface area contributed by atoms with E-state index in [4.69, 9.17) is 4.98 Å². The van der Waals surface area contributed by atoms with Crippen LogP contribution in [0.2, 0.25) is 0 Å². The van der Waals surface area contributed by atoms with Gasteiger partial charge in [-0.25, -0.2) is 4.98 Å². The summed E-state index contributed by atoms with van der Waals surface area (Å²) in [5.74, 6) is 1.03. The molecule has 0 saturated heterocycles. The maximum atomic E-state index is 11.6. The fraction of sp³-hybridized carbons (Fsp3) is 0.393. The number of H-pyrrole nitrogens is 1. The van der Waals surface area contributed by atoms with E-state index in [0.717, 1.165) is 60.7 Å². The summed E-state index contributed by atoms with van der Waals surface area (Å²) in [7, 11) is 0. The van der Waals surface area contributed by atoms with Crippen LogP contribution in [0.15, 0.2) is 54.1 Å². The molecule has 0 amide bonds. The van der Waals surface area contributed by atoms with Crippen LogP contribution < -0.4 is 0 Å². The summed E-state index contributed by atoms with van der Waals surface area (Å²) in [5.41, 5.74) is 6.39. The number of aromatic amines is 1. The fourth-order valence-electron chi connectivity index (χ4n) is 5.06. The highest BCUT2D eigenvalue weighted by atomic mass is 16.3. The van der Waals surface area contributed by atoms with Crippen LogP contribution in [0.3, 0.4) is 0 Å². The number of aromatic hydroxyl groups is 2. The quantitative estimate of drug-likeness (QED) is 0.270. The molecule has 1 aromatic heterocycles. The first kappa shape index (κ1) is 22.2. The summed E-state index contributed by atoms with van der Waals surface area (Å²) < 4.78 is 0. The molecular formula is C28H34N2O2. The van der Waals surface area contributed by atoms with Crippen LogP contribution in [0.4, 0.5) is 0 Å². The van der Waals surface area contributed by atoms with Crippen LogP contribution in [-0.2, 0) is 6.42 Å². The van der Waals surface area contributed by atoms with E-state index in [1.807, 2.05) is 37.3 Å². The van der Waals surface area contributed by atoms with Crippen molar-refractivity contribution in [1.82, 2.24) is 9.97 Å². The van der Waals surface area contributed by atoms with E-state index in [1.54, 1.807) is 0 Å². The molecule has 0 bridgehead atoms. The van der Waals surface area contributed by atoms with Crippen molar-refractivity contribution in [3.05, 3.63) is 65.3 Å². The molecule has 4 rings (SSSR count). The number of allylic oxidation sites excluding steroid dienone is 3. The van der Waals surface area contributed by atoms with Gasteiger partial charge in [0.25, 0.3) is 0 Å². The lowest BCUT2D eigenvalue weighted by Crippen LogP contribution is -2.17. The van der Waals surface area contributed by atoms with Crippen molar-refractivity contribution in [2.75, 3.05) is 0 Å². The Morgan fingerprint density at radius 1 is 1.22 bits per heavy atom. The van der Waals surface area contributed by atoms with E-state index in [1.165, 1.54) is 5.57 Å². The first-order valence-electron chi connectivity index (χ1n) is 11.8. The van der Waals surface area contributed by atoms with Gasteiger partial charge < -0.3 is 15.2 Å². The number of rotatable bonds is 7.